The number of nitrogens with one attached hydrogen (secondary N) is 2. The van der Waals surface area contributed by atoms with Gasteiger partial charge in [0.1, 0.15) is 17.3 Å². The lowest BCUT2D eigenvalue weighted by Gasteiger charge is -2.07. The lowest BCUT2D eigenvalue weighted by Crippen LogP contribution is -2.14. The Labute approximate surface area is 172 Å². The molecule has 0 aliphatic rings. The normalized spacial score (nSPS) is 10.6. The lowest BCUT2D eigenvalue weighted by atomic mass is 10.2. The van der Waals surface area contributed by atoms with E-state index >= 15 is 0 Å². The van der Waals surface area contributed by atoms with E-state index in [2.05, 4.69) is 25.5 Å². The van der Waals surface area contributed by atoms with Crippen molar-refractivity contribution in [3.63, 3.8) is 0 Å². The molecule has 0 aliphatic heterocycles. The van der Waals surface area contributed by atoms with Crippen LogP contribution in [0.15, 0.2) is 52.9 Å². The predicted octanol–water partition coefficient (Wildman–Crippen LogP) is 3.70. The van der Waals surface area contributed by atoms with Crippen molar-refractivity contribution in [1.29, 1.82) is 0 Å². The first kappa shape index (κ1) is 19.2. The monoisotopic (exact) mass is 405 g/mol. The van der Waals surface area contributed by atoms with Gasteiger partial charge in [-0.1, -0.05) is 18.2 Å². The van der Waals surface area contributed by atoms with Gasteiger partial charge in [-0.15, -0.1) is 5.10 Å². The number of carbonyl (C=O) groups excluding carboxylic acids is 1. The third-order valence-corrected chi connectivity index (χ3v) is 4.41. The number of amides is 1. The zero-order chi connectivity index (χ0) is 21.1. The van der Waals surface area contributed by atoms with Crippen LogP contribution in [-0.2, 0) is 0 Å². The van der Waals surface area contributed by atoms with E-state index in [1.165, 1.54) is 0 Å². The number of ether oxygens (including phenoxy) is 2. The van der Waals surface area contributed by atoms with Gasteiger partial charge in [0, 0.05) is 11.6 Å². The highest BCUT2D eigenvalue weighted by molar-refractivity contribution is 6.02. The number of oxazole rings is 1. The molecule has 9 nitrogen and oxygen atoms in total. The molecule has 0 radical (unpaired) electrons. The zero-order valence-electron chi connectivity index (χ0n) is 16.6. The Kier molecular flexibility index (Phi) is 5.17. The summed E-state index contributed by atoms with van der Waals surface area (Å²) in [6, 6.07) is 14.7. The Morgan fingerprint density at radius 1 is 1.07 bits per heavy atom. The molecular formula is C21H19N5O4. The molecule has 0 spiro atoms. The predicted molar refractivity (Wildman–Crippen MR) is 110 cm³/mol. The number of aryl methyl sites for hydroxylation is 1. The topological polar surface area (TPSA) is 115 Å². The fraction of sp³-hybridized carbons (Fsp3) is 0.143. The summed E-state index contributed by atoms with van der Waals surface area (Å²) in [5.41, 5.74) is 1.63. The summed E-state index contributed by atoms with van der Waals surface area (Å²) in [6.45, 7) is 1.68. The average Bonchev–Trinajstić information content (AvgIpc) is 3.40. The molecule has 4 aromatic rings. The summed E-state index contributed by atoms with van der Waals surface area (Å²) in [7, 11) is 3.13. The van der Waals surface area contributed by atoms with E-state index in [9.17, 15) is 4.79 Å². The number of anilines is 1. The number of nitrogens with zero attached hydrogens (tertiary/aromatic N) is 3. The minimum absolute atomic E-state index is 0.108. The molecular weight excluding hydrogens is 386 g/mol. The number of hydrogen-bond acceptors (Lipinski definition) is 7. The molecule has 0 atom stereocenters. The molecule has 0 saturated heterocycles. The van der Waals surface area contributed by atoms with Crippen LogP contribution in [0.2, 0.25) is 0 Å². The first-order valence-electron chi connectivity index (χ1n) is 9.08. The van der Waals surface area contributed by atoms with Gasteiger partial charge in [-0.05, 0) is 31.2 Å². The fourth-order valence-electron chi connectivity index (χ4n) is 2.90. The quantitative estimate of drug-likeness (QED) is 0.502. The van der Waals surface area contributed by atoms with Crippen LogP contribution in [0.3, 0.4) is 0 Å². The van der Waals surface area contributed by atoms with Crippen molar-refractivity contribution >= 4 is 11.9 Å². The van der Waals surface area contributed by atoms with E-state index < -0.39 is 5.91 Å². The number of aromatic amines is 1. The van der Waals surface area contributed by atoms with Crippen molar-refractivity contribution in [2.75, 3.05) is 19.5 Å². The molecule has 4 rings (SSSR count). The van der Waals surface area contributed by atoms with Crippen molar-refractivity contribution in [2.24, 2.45) is 0 Å². The van der Waals surface area contributed by atoms with Crippen molar-refractivity contribution in [1.82, 2.24) is 20.2 Å². The highest BCUT2D eigenvalue weighted by Gasteiger charge is 2.20. The number of aromatic nitrogens is 4. The Morgan fingerprint density at radius 3 is 2.60 bits per heavy atom. The van der Waals surface area contributed by atoms with Crippen LogP contribution in [0.25, 0.3) is 22.8 Å². The van der Waals surface area contributed by atoms with Gasteiger partial charge >= 0.3 is 0 Å². The largest absolute Gasteiger partial charge is 0.497 e. The van der Waals surface area contributed by atoms with Crippen LogP contribution < -0.4 is 14.8 Å². The minimum Gasteiger partial charge on any atom is -0.497 e. The Balaban J connectivity index is 1.55. The lowest BCUT2D eigenvalue weighted by molar-refractivity contribution is 0.102. The van der Waals surface area contributed by atoms with Gasteiger partial charge in [0.2, 0.25) is 11.8 Å². The number of benzene rings is 2. The molecule has 2 aromatic heterocycles. The number of carbonyl (C=O) groups is 1. The van der Waals surface area contributed by atoms with Crippen molar-refractivity contribution in [2.45, 2.75) is 6.92 Å². The zero-order valence-corrected chi connectivity index (χ0v) is 16.6. The maximum atomic E-state index is 12.7. The van der Waals surface area contributed by atoms with Gasteiger partial charge in [0.05, 0.1) is 19.8 Å². The number of methoxy groups -OCH3 is 2. The summed E-state index contributed by atoms with van der Waals surface area (Å²) < 4.78 is 16.2. The second kappa shape index (κ2) is 8.08. The first-order chi connectivity index (χ1) is 14.6. The summed E-state index contributed by atoms with van der Waals surface area (Å²) in [5.74, 6) is 2.06. The molecule has 2 aromatic carbocycles. The third-order valence-electron chi connectivity index (χ3n) is 4.41. The van der Waals surface area contributed by atoms with Crippen molar-refractivity contribution in [3.05, 3.63) is 60.0 Å². The van der Waals surface area contributed by atoms with E-state index in [1.54, 1.807) is 39.3 Å². The number of hydrogen-bond donors (Lipinski definition) is 2. The van der Waals surface area contributed by atoms with Crippen LogP contribution >= 0.6 is 0 Å². The molecule has 30 heavy (non-hydrogen) atoms. The Bertz CT molecular complexity index is 1180. The average molecular weight is 405 g/mol. The summed E-state index contributed by atoms with van der Waals surface area (Å²) >= 11 is 0. The summed E-state index contributed by atoms with van der Waals surface area (Å²) in [4.78, 5) is 21.3. The molecule has 152 valence electrons. The van der Waals surface area contributed by atoms with Gasteiger partial charge in [-0.3, -0.25) is 15.2 Å². The van der Waals surface area contributed by atoms with Crippen molar-refractivity contribution in [3.8, 4) is 34.3 Å². The van der Waals surface area contributed by atoms with Gasteiger partial charge in [-0.2, -0.15) is 4.98 Å². The number of H-pyrrole nitrogens is 1. The molecule has 0 saturated carbocycles. The molecule has 0 fully saturated rings. The first-order valence-corrected chi connectivity index (χ1v) is 9.08. The molecule has 2 N–H and O–H groups in total. The Morgan fingerprint density at radius 2 is 1.87 bits per heavy atom. The molecule has 2 heterocycles. The highest BCUT2D eigenvalue weighted by Crippen LogP contribution is 2.31. The van der Waals surface area contributed by atoms with Gasteiger partial charge in [0.25, 0.3) is 5.91 Å². The second-order valence-electron chi connectivity index (χ2n) is 6.32. The van der Waals surface area contributed by atoms with Crippen LogP contribution in [0.4, 0.5) is 5.95 Å². The molecule has 0 unspecified atom stereocenters. The number of rotatable bonds is 6. The van der Waals surface area contributed by atoms with Crippen molar-refractivity contribution < 1.29 is 18.7 Å². The van der Waals surface area contributed by atoms with Crippen LogP contribution in [-0.4, -0.2) is 40.3 Å². The van der Waals surface area contributed by atoms with E-state index in [-0.39, 0.29) is 11.6 Å². The van der Waals surface area contributed by atoms with E-state index in [0.29, 0.717) is 34.5 Å². The SMILES string of the molecule is COc1ccc(-c2nc(NC(=O)c3nc(-c4ccccc4)oc3C)n[nH]2)c(OC)c1. The standard InChI is InChI=1S/C21H19N5O4/c1-12-17(22-20(30-12)13-7-5-4-6-8-13)19(27)24-21-23-18(25-26-21)15-10-9-14(28-2)11-16(15)29-3/h4-11H,1-3H3,(H2,23,24,25,26,27). The molecule has 0 aliphatic carbocycles. The van der Waals surface area contributed by atoms with Crippen LogP contribution in [0.1, 0.15) is 16.2 Å². The minimum atomic E-state index is -0.467. The summed E-state index contributed by atoms with van der Waals surface area (Å²) in [5, 5.41) is 9.49. The van der Waals surface area contributed by atoms with E-state index in [0.717, 1.165) is 5.56 Å². The van der Waals surface area contributed by atoms with Gasteiger partial charge in [0.15, 0.2) is 11.5 Å². The van der Waals surface area contributed by atoms with E-state index in [1.807, 2.05) is 30.3 Å². The maximum Gasteiger partial charge on any atom is 0.280 e. The van der Waals surface area contributed by atoms with Gasteiger partial charge in [-0.25, -0.2) is 4.98 Å². The summed E-state index contributed by atoms with van der Waals surface area (Å²) in [6.07, 6.45) is 0. The second-order valence-corrected chi connectivity index (χ2v) is 6.32. The smallest absolute Gasteiger partial charge is 0.280 e. The molecule has 0 bridgehead atoms. The van der Waals surface area contributed by atoms with Gasteiger partial charge < -0.3 is 13.9 Å². The third kappa shape index (κ3) is 3.72. The molecule has 1 amide bonds. The fourth-order valence-corrected chi connectivity index (χ4v) is 2.90. The highest BCUT2D eigenvalue weighted by atomic mass is 16.5. The maximum absolute atomic E-state index is 12.7. The van der Waals surface area contributed by atoms with Crippen LogP contribution in [0.5, 0.6) is 11.5 Å². The van der Waals surface area contributed by atoms with Crippen LogP contribution in [0, 0.1) is 6.92 Å². The van der Waals surface area contributed by atoms with E-state index in [4.69, 9.17) is 13.9 Å². The Hall–Kier alpha value is -4.14. The molecule has 9 heteroatoms.